The maximum atomic E-state index is 13.1. The first-order valence-corrected chi connectivity index (χ1v) is 9.35. The Balaban J connectivity index is 1.96. The van der Waals surface area contributed by atoms with Crippen LogP contribution in [0.1, 0.15) is 15.9 Å². The van der Waals surface area contributed by atoms with Gasteiger partial charge in [-0.15, -0.1) is 9.24 Å². The van der Waals surface area contributed by atoms with Crippen LogP contribution < -0.4 is 15.6 Å². The minimum atomic E-state index is -4.68. The van der Waals surface area contributed by atoms with Crippen LogP contribution in [0.25, 0.3) is 0 Å². The van der Waals surface area contributed by atoms with Crippen LogP contribution in [-0.4, -0.2) is 10.5 Å². The zero-order valence-corrected chi connectivity index (χ0v) is 16.4. The number of benzene rings is 2. The Hall–Kier alpha value is -3.19. The molecule has 3 rings (SSSR count). The predicted octanol–water partition coefficient (Wildman–Crippen LogP) is 4.88. The summed E-state index contributed by atoms with van der Waals surface area (Å²) in [7, 11) is 2.37. The molecule has 0 fully saturated rings. The molecule has 0 aliphatic heterocycles. The summed E-state index contributed by atoms with van der Waals surface area (Å²) < 4.78 is 59.3. The summed E-state index contributed by atoms with van der Waals surface area (Å²) in [6, 6.07) is 9.79. The van der Waals surface area contributed by atoms with E-state index >= 15 is 0 Å². The lowest BCUT2D eigenvalue weighted by atomic mass is 10.1. The molecule has 5 nitrogen and oxygen atoms in total. The van der Waals surface area contributed by atoms with Gasteiger partial charge in [0.05, 0.1) is 11.1 Å². The van der Waals surface area contributed by atoms with Crippen molar-refractivity contribution < 1.29 is 27.1 Å². The van der Waals surface area contributed by atoms with E-state index in [-0.39, 0.29) is 17.2 Å². The third-order valence-corrected chi connectivity index (χ3v) is 4.44. The van der Waals surface area contributed by atoms with Gasteiger partial charge < -0.3 is 14.6 Å². The third-order valence-electron chi connectivity index (χ3n) is 4.04. The van der Waals surface area contributed by atoms with Crippen molar-refractivity contribution in [2.45, 2.75) is 12.5 Å². The van der Waals surface area contributed by atoms with E-state index in [1.54, 1.807) is 0 Å². The summed E-state index contributed by atoms with van der Waals surface area (Å²) in [5.74, 6) is -1.45. The number of carbonyl (C=O) groups is 1. The number of halogens is 4. The molecule has 10 heteroatoms. The van der Waals surface area contributed by atoms with E-state index in [9.17, 15) is 27.2 Å². The van der Waals surface area contributed by atoms with Crippen molar-refractivity contribution in [2.24, 2.45) is 0 Å². The van der Waals surface area contributed by atoms with Crippen LogP contribution in [0.2, 0.25) is 0 Å². The molecule has 1 aromatic heterocycles. The molecular formula is C20H15F4N2O3P. The first-order valence-electron chi connectivity index (χ1n) is 8.54. The average Bonchev–Trinajstić information content (AvgIpc) is 2.69. The van der Waals surface area contributed by atoms with Crippen LogP contribution in [0.15, 0.2) is 65.6 Å². The largest absolute Gasteiger partial charge is 0.457 e. The summed E-state index contributed by atoms with van der Waals surface area (Å²) in [5.41, 5.74) is -1.72. The first-order chi connectivity index (χ1) is 14.2. The van der Waals surface area contributed by atoms with Gasteiger partial charge in [0, 0.05) is 24.2 Å². The Labute approximate surface area is 170 Å². The maximum Gasteiger partial charge on any atom is 0.416 e. The second kappa shape index (κ2) is 8.67. The van der Waals surface area contributed by atoms with Gasteiger partial charge in [-0.1, -0.05) is 0 Å². The van der Waals surface area contributed by atoms with Crippen LogP contribution in [0, 0.1) is 5.82 Å². The van der Waals surface area contributed by atoms with Crippen molar-refractivity contribution in [3.05, 3.63) is 88.1 Å². The topological polar surface area (TPSA) is 60.3 Å². The molecule has 0 aliphatic rings. The van der Waals surface area contributed by atoms with Gasteiger partial charge in [0.25, 0.3) is 11.5 Å². The fourth-order valence-corrected chi connectivity index (χ4v) is 2.84. The van der Waals surface area contributed by atoms with E-state index in [2.05, 4.69) is 14.6 Å². The van der Waals surface area contributed by atoms with E-state index < -0.39 is 34.6 Å². The molecule has 1 heterocycles. The maximum absolute atomic E-state index is 13.1. The summed E-state index contributed by atoms with van der Waals surface area (Å²) in [4.78, 5) is 24.6. The van der Waals surface area contributed by atoms with Crippen molar-refractivity contribution in [2.75, 3.05) is 5.32 Å². The van der Waals surface area contributed by atoms with Crippen molar-refractivity contribution >= 4 is 20.8 Å². The molecular weight excluding hydrogens is 423 g/mol. The van der Waals surface area contributed by atoms with Crippen LogP contribution in [-0.2, 0) is 12.5 Å². The van der Waals surface area contributed by atoms with Gasteiger partial charge in [-0.25, -0.2) is 4.39 Å². The number of pyridine rings is 1. The van der Waals surface area contributed by atoms with Gasteiger partial charge in [0.2, 0.25) is 0 Å². The second-order valence-electron chi connectivity index (χ2n) is 6.12. The van der Waals surface area contributed by atoms with Crippen LogP contribution in [0.5, 0.6) is 11.5 Å². The van der Waals surface area contributed by atoms with Crippen molar-refractivity contribution in [1.29, 1.82) is 0 Å². The van der Waals surface area contributed by atoms with Crippen molar-refractivity contribution in [3.63, 3.8) is 0 Å². The number of hydrogen-bond acceptors (Lipinski definition) is 3. The van der Waals surface area contributed by atoms with E-state index in [1.165, 1.54) is 29.0 Å². The van der Waals surface area contributed by atoms with E-state index in [0.717, 1.165) is 30.3 Å². The number of hydrogen-bond donors (Lipinski definition) is 1. The Bertz CT molecular complexity index is 1130. The Kier molecular flexibility index (Phi) is 6.22. The molecule has 0 aliphatic carbocycles. The minimum Gasteiger partial charge on any atom is -0.457 e. The first kappa shape index (κ1) is 21.5. The second-order valence-corrected chi connectivity index (χ2v) is 6.49. The molecule has 0 radical (unpaired) electrons. The quantitative estimate of drug-likeness (QED) is 0.456. The molecule has 30 heavy (non-hydrogen) atoms. The average molecular weight is 438 g/mol. The zero-order valence-electron chi connectivity index (χ0n) is 15.2. The summed E-state index contributed by atoms with van der Waals surface area (Å²) >= 11 is 0. The van der Waals surface area contributed by atoms with Gasteiger partial charge in [-0.3, -0.25) is 9.59 Å². The summed E-state index contributed by atoms with van der Waals surface area (Å²) in [5, 5.41) is 2.40. The number of aromatic nitrogens is 1. The van der Waals surface area contributed by atoms with Crippen LogP contribution in [0.3, 0.4) is 0 Å². The minimum absolute atomic E-state index is 0.116. The van der Waals surface area contributed by atoms with E-state index in [4.69, 9.17) is 4.74 Å². The van der Waals surface area contributed by atoms with Gasteiger partial charge in [0.1, 0.15) is 17.3 Å². The molecule has 0 spiro atoms. The number of alkyl halides is 3. The molecule has 156 valence electrons. The standard InChI is InChI=1S/C20H15F4N2O3P/c21-13-2-4-15(5-3-13)29-17-6-1-12(20(22,23)24)9-16(17)19(28)25-14-7-8-26(11-30)18(27)10-14/h1-10H,11,30H2,(H,25,28). The fraction of sp³-hybridized carbons (Fsp3) is 0.100. The monoisotopic (exact) mass is 438 g/mol. The highest BCUT2D eigenvalue weighted by Crippen LogP contribution is 2.34. The fourth-order valence-electron chi connectivity index (χ4n) is 2.54. The van der Waals surface area contributed by atoms with E-state index in [1.807, 2.05) is 0 Å². The molecule has 0 saturated heterocycles. The Morgan fingerprint density at radius 2 is 1.77 bits per heavy atom. The molecule has 1 N–H and O–H groups in total. The number of nitrogens with zero attached hydrogens (tertiary/aromatic N) is 1. The van der Waals surface area contributed by atoms with E-state index in [0.29, 0.717) is 12.4 Å². The van der Waals surface area contributed by atoms with Crippen molar-refractivity contribution in [1.82, 2.24) is 4.57 Å². The van der Waals surface area contributed by atoms with Gasteiger partial charge in [0.15, 0.2) is 0 Å². The zero-order chi connectivity index (χ0) is 21.9. The number of rotatable bonds is 5. The van der Waals surface area contributed by atoms with Gasteiger partial charge in [-0.05, 0) is 48.5 Å². The summed E-state index contributed by atoms with van der Waals surface area (Å²) in [6.45, 7) is 0. The molecule has 2 aromatic carbocycles. The SMILES string of the molecule is O=C(Nc1ccn(CP)c(=O)c1)c1cc(C(F)(F)F)ccc1Oc1ccc(F)cc1. The highest BCUT2D eigenvalue weighted by Gasteiger charge is 2.32. The Morgan fingerprint density at radius 3 is 2.37 bits per heavy atom. The predicted molar refractivity (Wildman–Crippen MR) is 106 cm³/mol. The van der Waals surface area contributed by atoms with Crippen LogP contribution in [0.4, 0.5) is 23.2 Å². The normalized spacial score (nSPS) is 11.2. The number of ether oxygens (including phenoxy) is 1. The molecule has 0 bridgehead atoms. The van der Waals surface area contributed by atoms with Gasteiger partial charge in [-0.2, -0.15) is 13.2 Å². The molecule has 1 atom stereocenters. The lowest BCUT2D eigenvalue weighted by Gasteiger charge is -2.15. The smallest absolute Gasteiger partial charge is 0.416 e. The van der Waals surface area contributed by atoms with Crippen LogP contribution >= 0.6 is 9.24 Å². The molecule has 3 aromatic rings. The number of amides is 1. The molecule has 0 saturated carbocycles. The van der Waals surface area contributed by atoms with Gasteiger partial charge >= 0.3 is 6.18 Å². The highest BCUT2D eigenvalue weighted by atomic mass is 31.0. The number of carbonyl (C=O) groups excluding carboxylic acids is 1. The van der Waals surface area contributed by atoms with Crippen molar-refractivity contribution in [3.8, 4) is 11.5 Å². The summed E-state index contributed by atoms with van der Waals surface area (Å²) in [6.07, 6.45) is -2.90. The number of nitrogens with one attached hydrogen (secondary N) is 1. The number of anilines is 1. The Morgan fingerprint density at radius 1 is 1.07 bits per heavy atom. The highest BCUT2D eigenvalue weighted by molar-refractivity contribution is 7.15. The third kappa shape index (κ3) is 5.04. The lowest BCUT2D eigenvalue weighted by molar-refractivity contribution is -0.137. The molecule has 1 unspecified atom stereocenters. The molecule has 1 amide bonds. The lowest BCUT2D eigenvalue weighted by Crippen LogP contribution is -2.20.